The van der Waals surface area contributed by atoms with Crippen LogP contribution in [0.4, 0.5) is 39.8 Å². The molecule has 0 atom stereocenters. The van der Waals surface area contributed by atoms with Crippen LogP contribution in [-0.2, 0) is 10.1 Å². The summed E-state index contributed by atoms with van der Waals surface area (Å²) in [6, 6.07) is 17.9. The Hall–Kier alpha value is -5.01. The fraction of sp³-hybridized carbons (Fsp3) is 0.0400. The molecule has 0 heterocycles. The number of nitrogen functional groups attached to an aromatic ring is 3. The number of azo groups is 2. The second-order valence-electron chi connectivity index (χ2n) is 8.12. The Kier molecular flexibility index (Phi) is 7.23. The number of nitrogens with two attached hydrogens (primary N) is 3. The van der Waals surface area contributed by atoms with Gasteiger partial charge in [0.25, 0.3) is 10.1 Å². The van der Waals surface area contributed by atoms with Crippen LogP contribution >= 0.6 is 0 Å². The number of aromatic hydroxyl groups is 1. The Morgan fingerprint density at radius 3 is 2.08 bits per heavy atom. The van der Waals surface area contributed by atoms with Crippen LogP contribution in [0, 0.1) is 6.92 Å². The lowest BCUT2D eigenvalue weighted by Gasteiger charge is -2.10. The second kappa shape index (κ2) is 10.5. The molecular formula is C25H23N7O5S. The van der Waals surface area contributed by atoms with E-state index in [1.165, 1.54) is 24.3 Å². The summed E-state index contributed by atoms with van der Waals surface area (Å²) in [7, 11) is -4.68. The molecule has 4 aromatic carbocycles. The van der Waals surface area contributed by atoms with Crippen molar-refractivity contribution in [2.45, 2.75) is 11.8 Å². The summed E-state index contributed by atoms with van der Waals surface area (Å²) < 4.78 is 39.5. The highest BCUT2D eigenvalue weighted by Gasteiger charge is 2.19. The third kappa shape index (κ3) is 6.21. The number of phenols is 1. The van der Waals surface area contributed by atoms with E-state index in [1.54, 1.807) is 49.4 Å². The van der Waals surface area contributed by atoms with Crippen LogP contribution in [0.25, 0.3) is 0 Å². The fourth-order valence-corrected chi connectivity index (χ4v) is 3.85. The summed E-state index contributed by atoms with van der Waals surface area (Å²) in [6.07, 6.45) is 0. The molecule has 0 saturated carbocycles. The maximum atomic E-state index is 12.0. The van der Waals surface area contributed by atoms with Gasteiger partial charge in [0.1, 0.15) is 33.5 Å². The Bertz CT molecular complexity index is 1670. The summed E-state index contributed by atoms with van der Waals surface area (Å²) in [5, 5.41) is 26.1. The molecule has 0 amide bonds. The van der Waals surface area contributed by atoms with Gasteiger partial charge in [-0.15, -0.1) is 10.2 Å². The molecule has 0 bridgehead atoms. The minimum atomic E-state index is -4.68. The Morgan fingerprint density at radius 2 is 1.39 bits per heavy atom. The first kappa shape index (κ1) is 26.1. The van der Waals surface area contributed by atoms with Crippen molar-refractivity contribution in [3.05, 3.63) is 78.4 Å². The van der Waals surface area contributed by atoms with Crippen molar-refractivity contribution in [3.63, 3.8) is 0 Å². The van der Waals surface area contributed by atoms with E-state index in [0.29, 0.717) is 34.0 Å². The first-order chi connectivity index (χ1) is 18.0. The maximum Gasteiger partial charge on any atom is 0.298 e. The van der Waals surface area contributed by atoms with E-state index < -0.39 is 15.0 Å². The van der Waals surface area contributed by atoms with E-state index in [9.17, 15) is 18.1 Å². The van der Waals surface area contributed by atoms with Crippen molar-refractivity contribution >= 4 is 49.9 Å². The summed E-state index contributed by atoms with van der Waals surface area (Å²) >= 11 is 0. The van der Waals surface area contributed by atoms with Crippen LogP contribution < -0.4 is 21.9 Å². The molecule has 0 aliphatic rings. The Balaban J connectivity index is 1.55. The van der Waals surface area contributed by atoms with Crippen LogP contribution in [0.1, 0.15) is 5.56 Å². The molecule has 0 unspecified atom stereocenters. The zero-order chi connectivity index (χ0) is 27.4. The minimum Gasteiger partial charge on any atom is -0.506 e. The van der Waals surface area contributed by atoms with Crippen molar-refractivity contribution in [2.24, 2.45) is 20.5 Å². The number of aryl methyl sites for hydroxylation is 1. The number of benzene rings is 4. The first-order valence-corrected chi connectivity index (χ1v) is 12.4. The van der Waals surface area contributed by atoms with Gasteiger partial charge in [-0.25, -0.2) is 0 Å². The van der Waals surface area contributed by atoms with Gasteiger partial charge in [-0.1, -0.05) is 0 Å². The van der Waals surface area contributed by atoms with Crippen LogP contribution in [0.5, 0.6) is 17.2 Å². The molecule has 0 spiro atoms. The van der Waals surface area contributed by atoms with E-state index in [4.69, 9.17) is 21.9 Å². The molecule has 0 aliphatic carbocycles. The van der Waals surface area contributed by atoms with E-state index in [-0.39, 0.29) is 28.6 Å². The molecule has 38 heavy (non-hydrogen) atoms. The Labute approximate surface area is 217 Å². The number of anilines is 3. The number of ether oxygens (including phenoxy) is 1. The van der Waals surface area contributed by atoms with Crippen molar-refractivity contribution in [1.82, 2.24) is 0 Å². The van der Waals surface area contributed by atoms with E-state index in [1.807, 2.05) is 0 Å². The SMILES string of the molecule is Cc1cc(N=Nc2ccc(Oc3ccc(N=Nc4ccc(N)cc4N)cc3)c(S(=O)(=O)O)c2)c(O)cc1N. The standard InChI is InChI=1S/C25H23N7O5S/c1-14-10-22(23(33)13-19(14)27)32-30-17-5-9-24(25(12-17)38(34,35)36)37-18-6-3-16(4-7-18)29-31-21-8-2-15(26)11-20(21)28/h2-13,33H,26-28H2,1H3,(H,34,35,36). The lowest BCUT2D eigenvalue weighted by Crippen LogP contribution is -2.01. The molecule has 0 aromatic heterocycles. The van der Waals surface area contributed by atoms with Gasteiger partial charge in [-0.2, -0.15) is 18.6 Å². The third-order valence-electron chi connectivity index (χ3n) is 5.23. The number of hydrogen-bond acceptors (Lipinski definition) is 11. The van der Waals surface area contributed by atoms with Gasteiger partial charge in [-0.3, -0.25) is 4.55 Å². The first-order valence-electron chi connectivity index (χ1n) is 11.0. The van der Waals surface area contributed by atoms with Crippen molar-refractivity contribution < 1.29 is 22.8 Å². The van der Waals surface area contributed by atoms with Gasteiger partial charge in [0.15, 0.2) is 0 Å². The fourth-order valence-electron chi connectivity index (χ4n) is 3.22. The molecular weight excluding hydrogens is 510 g/mol. The molecule has 8 N–H and O–H groups in total. The predicted molar refractivity (Wildman–Crippen MR) is 144 cm³/mol. The highest BCUT2D eigenvalue weighted by atomic mass is 32.2. The van der Waals surface area contributed by atoms with Crippen molar-refractivity contribution in [3.8, 4) is 17.2 Å². The molecule has 4 rings (SSSR count). The van der Waals surface area contributed by atoms with Gasteiger partial charge in [0.05, 0.1) is 17.1 Å². The summed E-state index contributed by atoms with van der Waals surface area (Å²) in [6.45, 7) is 1.74. The van der Waals surface area contributed by atoms with E-state index in [2.05, 4.69) is 20.5 Å². The topological polar surface area (TPSA) is 211 Å². The summed E-state index contributed by atoms with van der Waals surface area (Å²) in [5.41, 5.74) is 20.4. The van der Waals surface area contributed by atoms with Gasteiger partial charge in [0, 0.05) is 17.4 Å². The monoisotopic (exact) mass is 533 g/mol. The minimum absolute atomic E-state index is 0.0940. The average Bonchev–Trinajstić information content (AvgIpc) is 2.86. The van der Waals surface area contributed by atoms with E-state index >= 15 is 0 Å². The Morgan fingerprint density at radius 1 is 0.737 bits per heavy atom. The van der Waals surface area contributed by atoms with Crippen molar-refractivity contribution in [2.75, 3.05) is 17.2 Å². The zero-order valence-electron chi connectivity index (χ0n) is 20.0. The van der Waals surface area contributed by atoms with Gasteiger partial charge in [-0.05, 0) is 79.2 Å². The number of hydrogen-bond donors (Lipinski definition) is 5. The van der Waals surface area contributed by atoms with Crippen LogP contribution in [-0.4, -0.2) is 18.1 Å². The van der Waals surface area contributed by atoms with E-state index in [0.717, 1.165) is 6.07 Å². The van der Waals surface area contributed by atoms with Gasteiger partial charge in [0.2, 0.25) is 0 Å². The lowest BCUT2D eigenvalue weighted by molar-refractivity contribution is 0.450. The molecule has 194 valence electrons. The largest absolute Gasteiger partial charge is 0.506 e. The molecule has 0 radical (unpaired) electrons. The predicted octanol–water partition coefficient (Wildman–Crippen LogP) is 6.32. The molecule has 13 heteroatoms. The second-order valence-corrected chi connectivity index (χ2v) is 9.51. The smallest absolute Gasteiger partial charge is 0.298 e. The molecule has 0 saturated heterocycles. The quantitative estimate of drug-likeness (QED) is 0.103. The lowest BCUT2D eigenvalue weighted by atomic mass is 10.2. The molecule has 4 aromatic rings. The van der Waals surface area contributed by atoms with Gasteiger partial charge >= 0.3 is 0 Å². The van der Waals surface area contributed by atoms with Crippen LogP contribution in [0.2, 0.25) is 0 Å². The highest BCUT2D eigenvalue weighted by molar-refractivity contribution is 7.86. The summed E-state index contributed by atoms with van der Waals surface area (Å²) in [4.78, 5) is -0.519. The normalized spacial score (nSPS) is 11.8. The molecule has 0 aliphatic heterocycles. The number of nitrogens with zero attached hydrogens (tertiary/aromatic N) is 4. The average molecular weight is 534 g/mol. The third-order valence-corrected chi connectivity index (χ3v) is 6.11. The number of phenolic OH excluding ortho intramolecular Hbond substituents is 1. The maximum absolute atomic E-state index is 12.0. The van der Waals surface area contributed by atoms with Crippen LogP contribution in [0.15, 0.2) is 98.1 Å². The van der Waals surface area contributed by atoms with Gasteiger partial charge < -0.3 is 27.0 Å². The number of rotatable bonds is 7. The molecule has 12 nitrogen and oxygen atoms in total. The molecule has 0 fully saturated rings. The summed E-state index contributed by atoms with van der Waals surface area (Å²) in [5.74, 6) is -0.0501. The zero-order valence-corrected chi connectivity index (χ0v) is 20.8. The highest BCUT2D eigenvalue weighted by Crippen LogP contribution is 2.36. The van der Waals surface area contributed by atoms with Crippen molar-refractivity contribution in [1.29, 1.82) is 0 Å². The van der Waals surface area contributed by atoms with Crippen LogP contribution in [0.3, 0.4) is 0 Å².